The molecule has 1 amide bonds. The van der Waals surface area contributed by atoms with E-state index in [1.807, 2.05) is 55.1 Å². The summed E-state index contributed by atoms with van der Waals surface area (Å²) in [5.41, 5.74) is 4.03. The number of anilines is 2. The number of nitrogens with one attached hydrogen (secondary N) is 2. The lowest BCUT2D eigenvalue weighted by molar-refractivity contribution is 0.0992. The Morgan fingerprint density at radius 3 is 2.66 bits per heavy atom. The lowest BCUT2D eigenvalue weighted by atomic mass is 9.92. The van der Waals surface area contributed by atoms with E-state index in [4.69, 9.17) is 5.10 Å². The van der Waals surface area contributed by atoms with Crippen LogP contribution in [0.3, 0.4) is 0 Å². The maximum Gasteiger partial charge on any atom is 0.264 e. The van der Waals surface area contributed by atoms with Gasteiger partial charge in [-0.1, -0.05) is 17.7 Å². The van der Waals surface area contributed by atoms with E-state index in [0.29, 0.717) is 35.7 Å². The monoisotopic (exact) mass is 518 g/mol. The van der Waals surface area contributed by atoms with E-state index >= 15 is 0 Å². The molecule has 0 bridgehead atoms. The minimum Gasteiger partial charge on any atom is -0.373 e. The van der Waals surface area contributed by atoms with Gasteiger partial charge in [0.2, 0.25) is 0 Å². The van der Waals surface area contributed by atoms with Gasteiger partial charge < -0.3 is 5.32 Å². The highest BCUT2D eigenvalue weighted by Gasteiger charge is 2.30. The van der Waals surface area contributed by atoms with Crippen LogP contribution in [0.15, 0.2) is 53.0 Å². The Labute approximate surface area is 222 Å². The summed E-state index contributed by atoms with van der Waals surface area (Å²) in [4.78, 5) is 21.7. The van der Waals surface area contributed by atoms with Crippen molar-refractivity contribution in [2.75, 3.05) is 37.4 Å². The van der Waals surface area contributed by atoms with Crippen LogP contribution in [-0.2, 0) is 0 Å². The topological polar surface area (TPSA) is 94.4 Å². The normalized spacial score (nSPS) is 17.6. The van der Waals surface area contributed by atoms with E-state index in [9.17, 15) is 9.18 Å². The van der Waals surface area contributed by atoms with Crippen LogP contribution in [0.25, 0.3) is 5.69 Å². The van der Waals surface area contributed by atoms with Gasteiger partial charge in [0.25, 0.3) is 5.91 Å². The van der Waals surface area contributed by atoms with Gasteiger partial charge in [-0.15, -0.1) is 0 Å². The summed E-state index contributed by atoms with van der Waals surface area (Å²) < 4.78 is 16.2. The van der Waals surface area contributed by atoms with Gasteiger partial charge in [0.1, 0.15) is 23.0 Å². The number of halogens is 1. The molecular formula is C28H35FN8O. The number of likely N-dealkylation sites (tertiary alicyclic amines) is 1. The molecule has 1 aromatic carbocycles. The molecule has 1 atom stereocenters. The Morgan fingerprint density at radius 2 is 1.97 bits per heavy atom. The van der Waals surface area contributed by atoms with E-state index < -0.39 is 0 Å². The number of carbonyl (C=O) groups is 1. The maximum atomic E-state index is 14.4. The van der Waals surface area contributed by atoms with Crippen molar-refractivity contribution in [3.63, 3.8) is 0 Å². The second-order valence-electron chi connectivity index (χ2n) is 10.1. The minimum atomic E-state index is -0.185. The van der Waals surface area contributed by atoms with Crippen molar-refractivity contribution in [1.82, 2.24) is 24.9 Å². The zero-order valence-electron chi connectivity index (χ0n) is 22.4. The molecule has 1 fully saturated rings. The molecule has 2 aromatic heterocycles. The fourth-order valence-electron chi connectivity index (χ4n) is 5.27. The van der Waals surface area contributed by atoms with Crippen molar-refractivity contribution in [3.8, 4) is 5.69 Å². The number of hydrogen-bond donors (Lipinski definition) is 2. The molecule has 2 aliphatic heterocycles. The molecule has 10 heteroatoms. The van der Waals surface area contributed by atoms with Crippen molar-refractivity contribution in [2.45, 2.75) is 51.5 Å². The van der Waals surface area contributed by atoms with Crippen molar-refractivity contribution >= 4 is 23.8 Å². The van der Waals surface area contributed by atoms with Crippen LogP contribution >= 0.6 is 0 Å². The number of allylic oxidation sites excluding steroid dienone is 1. The minimum absolute atomic E-state index is 0.0479. The molecule has 38 heavy (non-hydrogen) atoms. The Morgan fingerprint density at radius 1 is 1.24 bits per heavy atom. The highest BCUT2D eigenvalue weighted by Crippen LogP contribution is 2.34. The van der Waals surface area contributed by atoms with E-state index in [1.165, 1.54) is 6.20 Å². The first kappa shape index (κ1) is 25.8. The van der Waals surface area contributed by atoms with Crippen LogP contribution in [0.5, 0.6) is 0 Å². The number of nitrogens with zero attached hydrogens (tertiary/aromatic N) is 6. The van der Waals surface area contributed by atoms with Crippen LogP contribution in [0, 0.1) is 6.92 Å². The van der Waals surface area contributed by atoms with Crippen molar-refractivity contribution in [3.05, 3.63) is 64.9 Å². The van der Waals surface area contributed by atoms with Gasteiger partial charge in [-0.2, -0.15) is 10.2 Å². The Hall–Kier alpha value is -3.79. The summed E-state index contributed by atoms with van der Waals surface area (Å²) in [5, 5.41) is 14.8. The molecular weight excluding hydrogens is 483 g/mol. The largest absolute Gasteiger partial charge is 0.373 e. The Balaban J connectivity index is 1.40. The smallest absolute Gasteiger partial charge is 0.264 e. The third kappa shape index (κ3) is 5.00. The van der Waals surface area contributed by atoms with E-state index in [0.717, 1.165) is 42.9 Å². The number of piperidine rings is 1. The summed E-state index contributed by atoms with van der Waals surface area (Å²) >= 11 is 0. The predicted octanol–water partition coefficient (Wildman–Crippen LogP) is 4.84. The number of benzene rings is 1. The molecule has 0 spiro atoms. The average molecular weight is 519 g/mol. The summed E-state index contributed by atoms with van der Waals surface area (Å²) in [6, 6.07) is 10.1. The van der Waals surface area contributed by atoms with Gasteiger partial charge in [0, 0.05) is 38.7 Å². The second kappa shape index (κ2) is 10.9. The van der Waals surface area contributed by atoms with Gasteiger partial charge >= 0.3 is 0 Å². The van der Waals surface area contributed by atoms with Gasteiger partial charge in [0.15, 0.2) is 0 Å². The van der Waals surface area contributed by atoms with Crippen LogP contribution in [-0.4, -0.2) is 70.2 Å². The number of H-pyrrole nitrogens is 1. The Kier molecular flexibility index (Phi) is 7.42. The molecule has 1 saturated heterocycles. The van der Waals surface area contributed by atoms with Gasteiger partial charge in [0.05, 0.1) is 29.3 Å². The zero-order valence-corrected chi connectivity index (χ0v) is 22.4. The highest BCUT2D eigenvalue weighted by molar-refractivity contribution is 6.08. The van der Waals surface area contributed by atoms with Gasteiger partial charge in [-0.05, 0) is 58.3 Å². The average Bonchev–Trinajstić information content (AvgIpc) is 3.60. The first-order valence-electron chi connectivity index (χ1n) is 13.2. The first-order valence-corrected chi connectivity index (χ1v) is 13.2. The summed E-state index contributed by atoms with van der Waals surface area (Å²) in [5.74, 6) is 1.23. The van der Waals surface area contributed by atoms with Crippen LogP contribution in [0.1, 0.15) is 60.1 Å². The predicted molar refractivity (Wildman–Crippen MR) is 148 cm³/mol. The van der Waals surface area contributed by atoms with Crippen LogP contribution < -0.4 is 10.2 Å². The number of amides is 1. The third-order valence-corrected chi connectivity index (χ3v) is 7.65. The van der Waals surface area contributed by atoms with Crippen molar-refractivity contribution in [2.24, 2.45) is 4.99 Å². The number of aromatic nitrogens is 4. The molecule has 2 aliphatic rings. The van der Waals surface area contributed by atoms with Crippen molar-refractivity contribution < 1.29 is 9.18 Å². The number of aromatic amines is 1. The molecule has 200 valence electrons. The number of hydrogen-bond acceptors (Lipinski definition) is 6. The Bertz CT molecular complexity index is 1350. The first-order chi connectivity index (χ1) is 18.4. The summed E-state index contributed by atoms with van der Waals surface area (Å²) in [7, 11) is 3.51. The molecule has 1 unspecified atom stereocenters. The molecule has 2 N–H and O–H groups in total. The number of aryl methyl sites for hydroxylation is 1. The molecule has 9 nitrogen and oxygen atoms in total. The van der Waals surface area contributed by atoms with Gasteiger partial charge in [-0.25, -0.2) is 9.07 Å². The number of aliphatic imine (C=N–C) groups is 1. The fourth-order valence-corrected chi connectivity index (χ4v) is 5.27. The molecule has 0 radical (unpaired) electrons. The van der Waals surface area contributed by atoms with E-state index in [1.54, 1.807) is 19.0 Å². The quantitative estimate of drug-likeness (QED) is 0.467. The summed E-state index contributed by atoms with van der Waals surface area (Å²) in [6.45, 7) is 5.75. The standard InChI is InChI=1S/C28H35FN8O/c1-18-7-9-21(10-8-18)37-25(35(4)28(38)22-17-32-33-27(22)30-3)16-24(34-37)20-11-14-36(15-12-20)19(2)26-23(29)6-5-13-31-26/h7-10,13,16-17,19-20H,5-6,11-12,14-15H2,1-4H3,(H2,30,32,33). The van der Waals surface area contributed by atoms with Gasteiger partial charge in [-0.3, -0.25) is 24.7 Å². The molecule has 0 saturated carbocycles. The molecule has 0 aliphatic carbocycles. The van der Waals surface area contributed by atoms with E-state index in [-0.39, 0.29) is 23.7 Å². The maximum absolute atomic E-state index is 14.4. The van der Waals surface area contributed by atoms with Crippen LogP contribution in [0.4, 0.5) is 16.0 Å². The number of carbonyl (C=O) groups excluding carboxylic acids is 1. The zero-order chi connectivity index (χ0) is 26.8. The lowest BCUT2D eigenvalue weighted by Crippen LogP contribution is -2.40. The molecule has 3 aromatic rings. The molecule has 4 heterocycles. The molecule has 5 rings (SSSR count). The van der Waals surface area contributed by atoms with E-state index in [2.05, 4.69) is 25.4 Å². The highest BCUT2D eigenvalue weighted by atomic mass is 19.1. The summed E-state index contributed by atoms with van der Waals surface area (Å²) in [6.07, 6.45) is 6.27. The lowest BCUT2D eigenvalue weighted by Gasteiger charge is -2.36. The van der Waals surface area contributed by atoms with Crippen LogP contribution in [0.2, 0.25) is 0 Å². The number of rotatable bonds is 7. The second-order valence-corrected chi connectivity index (χ2v) is 10.1. The third-order valence-electron chi connectivity index (χ3n) is 7.65. The van der Waals surface area contributed by atoms with Crippen molar-refractivity contribution in [1.29, 1.82) is 0 Å². The SMILES string of the molecule is CNc1[nH]ncc1C(=O)N(C)c1cc(C2CCN(C(C)C3=C(F)CCC=N3)CC2)nn1-c1ccc(C)cc1. The fraction of sp³-hybridized carbons (Fsp3) is 0.429.